The van der Waals surface area contributed by atoms with E-state index in [9.17, 15) is 9.90 Å². The summed E-state index contributed by atoms with van der Waals surface area (Å²) in [4.78, 5) is 11.3. The minimum atomic E-state index is -1.74. The van der Waals surface area contributed by atoms with Crippen LogP contribution in [-0.2, 0) is 4.74 Å². The summed E-state index contributed by atoms with van der Waals surface area (Å²) in [5.41, 5.74) is -2.09. The van der Waals surface area contributed by atoms with Crippen LogP contribution in [0.1, 0.15) is 34.6 Å². The summed E-state index contributed by atoms with van der Waals surface area (Å²) >= 11 is 0. The maximum atomic E-state index is 11.3. The highest BCUT2D eigenvalue weighted by atomic mass is 16.6. The summed E-state index contributed by atoms with van der Waals surface area (Å²) in [5, 5.41) is 10.0. The molecular weight excluding hydrogens is 192 g/mol. The van der Waals surface area contributed by atoms with Crippen molar-refractivity contribution in [2.45, 2.75) is 51.2 Å². The van der Waals surface area contributed by atoms with Gasteiger partial charge < -0.3 is 15.2 Å². The Bertz CT molecular complexity index is 241. The summed E-state index contributed by atoms with van der Waals surface area (Å²) in [6, 6.07) is 0. The Labute approximate surface area is 93.6 Å². The van der Waals surface area contributed by atoms with Gasteiger partial charge in [0, 0.05) is 0 Å². The lowest BCUT2D eigenvalue weighted by Gasteiger charge is -2.39. The first kappa shape index (κ1) is 14.4. The molecule has 0 fully saturated rings. The summed E-state index contributed by atoms with van der Waals surface area (Å²) in [6.07, 6.45) is -0.769. The van der Waals surface area contributed by atoms with E-state index in [2.05, 4.69) is 5.32 Å². The Balaban J connectivity index is 4.43. The normalized spacial score (nSPS) is 13.5. The van der Waals surface area contributed by atoms with E-state index in [0.29, 0.717) is 0 Å². The predicted molar refractivity (Wildman–Crippen MR) is 59.9 cm³/mol. The zero-order valence-corrected chi connectivity index (χ0v) is 9.92. The molecule has 0 atom stereocenters. The number of carbonyl (C=O) groups excluding carboxylic acids is 1. The minimum absolute atomic E-state index is 0.639. The molecular formula is C9H17B2NO3. The maximum Gasteiger partial charge on any atom is 0.406 e. The van der Waals surface area contributed by atoms with E-state index in [4.69, 9.17) is 20.4 Å². The molecule has 0 bridgehead atoms. The van der Waals surface area contributed by atoms with Crippen molar-refractivity contribution in [3.05, 3.63) is 0 Å². The molecule has 0 spiro atoms. The van der Waals surface area contributed by atoms with E-state index in [1.165, 1.54) is 13.8 Å². The van der Waals surface area contributed by atoms with Crippen molar-refractivity contribution in [3.63, 3.8) is 0 Å². The largest absolute Gasteiger partial charge is 0.444 e. The number of aliphatic hydroxyl groups is 1. The Morgan fingerprint density at radius 1 is 1.20 bits per heavy atom. The number of carbonyl (C=O) groups is 1. The van der Waals surface area contributed by atoms with Gasteiger partial charge in [0.15, 0.2) is 0 Å². The lowest BCUT2D eigenvalue weighted by molar-refractivity contribution is 0.0246. The molecule has 0 saturated heterocycles. The van der Waals surface area contributed by atoms with Crippen molar-refractivity contribution in [2.75, 3.05) is 0 Å². The molecule has 15 heavy (non-hydrogen) atoms. The highest BCUT2D eigenvalue weighted by Gasteiger charge is 2.36. The molecule has 0 aromatic heterocycles. The van der Waals surface area contributed by atoms with Crippen LogP contribution in [0.2, 0.25) is 0 Å². The van der Waals surface area contributed by atoms with E-state index in [1.807, 2.05) is 0 Å². The second kappa shape index (κ2) is 4.08. The van der Waals surface area contributed by atoms with Crippen molar-refractivity contribution >= 4 is 21.8 Å². The molecule has 6 heteroatoms. The van der Waals surface area contributed by atoms with Crippen LogP contribution in [0.5, 0.6) is 0 Å². The molecule has 0 aliphatic carbocycles. The van der Waals surface area contributed by atoms with Crippen molar-refractivity contribution in [3.8, 4) is 0 Å². The average Bonchev–Trinajstić information content (AvgIpc) is 1.75. The van der Waals surface area contributed by atoms with Crippen LogP contribution in [0.4, 0.5) is 4.79 Å². The molecule has 82 valence electrons. The van der Waals surface area contributed by atoms with Crippen molar-refractivity contribution in [1.29, 1.82) is 0 Å². The van der Waals surface area contributed by atoms with Gasteiger partial charge in [-0.2, -0.15) is 0 Å². The quantitative estimate of drug-likeness (QED) is 0.641. The van der Waals surface area contributed by atoms with Gasteiger partial charge in [-0.3, -0.25) is 0 Å². The Hall–Kier alpha value is -0.640. The van der Waals surface area contributed by atoms with Gasteiger partial charge in [0.1, 0.15) is 5.60 Å². The first-order valence-corrected chi connectivity index (χ1v) is 4.66. The van der Waals surface area contributed by atoms with Crippen LogP contribution in [0.25, 0.3) is 0 Å². The van der Waals surface area contributed by atoms with Gasteiger partial charge in [-0.15, -0.1) is 0 Å². The second-order valence-electron chi connectivity index (χ2n) is 5.05. The second-order valence-corrected chi connectivity index (χ2v) is 5.05. The average molecular weight is 209 g/mol. The molecule has 0 rings (SSSR count). The SMILES string of the molecule is [B]C([B])(NC(=O)OC(C)(C)C)C(C)(C)O. The smallest absolute Gasteiger partial charge is 0.406 e. The minimum Gasteiger partial charge on any atom is -0.444 e. The molecule has 0 aliphatic rings. The van der Waals surface area contributed by atoms with Crippen LogP contribution in [0, 0.1) is 0 Å². The van der Waals surface area contributed by atoms with E-state index >= 15 is 0 Å². The third-order valence-electron chi connectivity index (χ3n) is 1.72. The van der Waals surface area contributed by atoms with E-state index in [1.54, 1.807) is 20.8 Å². The van der Waals surface area contributed by atoms with Gasteiger partial charge in [0.2, 0.25) is 0 Å². The maximum absolute atomic E-state index is 11.3. The van der Waals surface area contributed by atoms with E-state index < -0.39 is 22.6 Å². The third-order valence-corrected chi connectivity index (χ3v) is 1.72. The zero-order valence-electron chi connectivity index (χ0n) is 9.92. The number of hydrogen-bond donors (Lipinski definition) is 2. The van der Waals surface area contributed by atoms with Crippen LogP contribution in [-0.4, -0.2) is 43.4 Å². The summed E-state index contributed by atoms with van der Waals surface area (Å²) in [7, 11) is 11.1. The summed E-state index contributed by atoms with van der Waals surface area (Å²) in [5.74, 6) is 0. The Morgan fingerprint density at radius 2 is 1.60 bits per heavy atom. The van der Waals surface area contributed by atoms with Gasteiger partial charge in [-0.05, 0) is 40.0 Å². The number of hydrogen-bond acceptors (Lipinski definition) is 3. The third kappa shape index (κ3) is 5.11. The fraction of sp³-hybridized carbons (Fsp3) is 0.889. The van der Waals surface area contributed by atoms with Crippen molar-refractivity contribution in [1.82, 2.24) is 5.32 Å². The number of rotatable bonds is 2. The van der Waals surface area contributed by atoms with Crippen LogP contribution in [0.3, 0.4) is 0 Å². The van der Waals surface area contributed by atoms with Gasteiger partial charge in [0.05, 0.1) is 21.3 Å². The van der Waals surface area contributed by atoms with Crippen LogP contribution < -0.4 is 5.32 Å². The van der Waals surface area contributed by atoms with Gasteiger partial charge in [-0.25, -0.2) is 4.79 Å². The van der Waals surface area contributed by atoms with E-state index in [-0.39, 0.29) is 0 Å². The molecule has 0 unspecified atom stereocenters. The summed E-state index contributed by atoms with van der Waals surface area (Å²) in [6.45, 7) is 7.93. The fourth-order valence-electron chi connectivity index (χ4n) is 0.625. The molecule has 0 heterocycles. The Kier molecular flexibility index (Phi) is 3.91. The molecule has 2 N–H and O–H groups in total. The monoisotopic (exact) mass is 209 g/mol. The number of amides is 1. The molecule has 1 amide bonds. The lowest BCUT2D eigenvalue weighted by Crippen LogP contribution is -2.63. The van der Waals surface area contributed by atoms with E-state index in [0.717, 1.165) is 0 Å². The molecule has 0 aromatic rings. The number of alkyl carbamates (subject to hydrolysis) is 1. The standard InChI is InChI=1S/C9H17B2NO3/c1-7(2,3)15-6(13)12-9(10,11)8(4,5)14/h14H,1-5H3,(H,12,13). The van der Waals surface area contributed by atoms with Crippen molar-refractivity contribution in [2.24, 2.45) is 0 Å². The highest BCUT2D eigenvalue weighted by Crippen LogP contribution is 2.16. The highest BCUT2D eigenvalue weighted by molar-refractivity contribution is 6.41. The summed E-state index contributed by atoms with van der Waals surface area (Å²) < 4.78 is 4.95. The zero-order chi connectivity index (χ0) is 12.5. The van der Waals surface area contributed by atoms with Gasteiger partial charge in [-0.1, -0.05) is 0 Å². The lowest BCUT2D eigenvalue weighted by atomic mass is 9.54. The molecule has 4 radical (unpaired) electrons. The topological polar surface area (TPSA) is 58.6 Å². The number of ether oxygens (including phenoxy) is 1. The molecule has 4 nitrogen and oxygen atoms in total. The molecule has 0 aromatic carbocycles. The van der Waals surface area contributed by atoms with Gasteiger partial charge in [0.25, 0.3) is 0 Å². The fourth-order valence-corrected chi connectivity index (χ4v) is 0.625. The van der Waals surface area contributed by atoms with Crippen LogP contribution >= 0.6 is 0 Å². The predicted octanol–water partition coefficient (Wildman–Crippen LogP) is 0.273. The molecule has 0 saturated carbocycles. The first-order chi connectivity index (χ1) is 6.35. The Morgan fingerprint density at radius 3 is 1.87 bits per heavy atom. The van der Waals surface area contributed by atoms with Crippen molar-refractivity contribution < 1.29 is 14.6 Å². The number of nitrogens with one attached hydrogen (secondary N) is 1. The molecule has 0 aliphatic heterocycles. The van der Waals surface area contributed by atoms with Crippen LogP contribution in [0.15, 0.2) is 0 Å². The first-order valence-electron chi connectivity index (χ1n) is 4.66. The van der Waals surface area contributed by atoms with Gasteiger partial charge >= 0.3 is 6.09 Å².